The second-order valence-corrected chi connectivity index (χ2v) is 6.59. The van der Waals surface area contributed by atoms with Crippen LogP contribution < -0.4 is 5.43 Å². The number of likely N-dealkylation sites (N-methyl/N-ethyl adjacent to an activating group) is 1. The molecule has 7 nitrogen and oxygen atoms in total. The number of carbonyl (C=O) groups excluding carboxylic acids is 1. The number of nitrogens with zero attached hydrogens (tertiary/aromatic N) is 3. The third-order valence-corrected chi connectivity index (χ3v) is 4.20. The van der Waals surface area contributed by atoms with E-state index in [2.05, 4.69) is 28.9 Å². The third-order valence-electron chi connectivity index (χ3n) is 4.20. The summed E-state index contributed by atoms with van der Waals surface area (Å²) in [7, 11) is 0. The number of rotatable bonds is 8. The van der Waals surface area contributed by atoms with Gasteiger partial charge in [0.1, 0.15) is 0 Å². The molecule has 0 saturated carbocycles. The molecule has 0 unspecified atom stereocenters. The lowest BCUT2D eigenvalue weighted by atomic mass is 9.98. The molecule has 1 amide bonds. The van der Waals surface area contributed by atoms with E-state index in [1.54, 1.807) is 43.3 Å². The van der Waals surface area contributed by atoms with Gasteiger partial charge in [-0.1, -0.05) is 12.1 Å². The van der Waals surface area contributed by atoms with Gasteiger partial charge in [-0.25, -0.2) is 0 Å². The Hall–Kier alpha value is -3.06. The lowest BCUT2D eigenvalue weighted by Crippen LogP contribution is -2.33. The lowest BCUT2D eigenvalue weighted by Gasteiger charge is -2.23. The first-order chi connectivity index (χ1) is 13.4. The Morgan fingerprint density at radius 1 is 1.32 bits per heavy atom. The van der Waals surface area contributed by atoms with E-state index in [0.29, 0.717) is 30.8 Å². The smallest absolute Gasteiger partial charge is 0.256 e. The second kappa shape index (κ2) is 10.9. The van der Waals surface area contributed by atoms with Crippen LogP contribution in [0.2, 0.25) is 0 Å². The van der Waals surface area contributed by atoms with Crippen LogP contribution in [0.3, 0.4) is 0 Å². The van der Waals surface area contributed by atoms with E-state index in [4.69, 9.17) is 5.41 Å². The molecular weight excluding hydrogens is 354 g/mol. The zero-order valence-corrected chi connectivity index (χ0v) is 16.8. The first kappa shape index (κ1) is 23.0. The first-order valence-electron chi connectivity index (χ1n) is 8.99. The van der Waals surface area contributed by atoms with Gasteiger partial charge in [-0.2, -0.15) is 5.10 Å². The van der Waals surface area contributed by atoms with Crippen LogP contribution in [0.15, 0.2) is 47.8 Å². The van der Waals surface area contributed by atoms with Gasteiger partial charge < -0.3 is 15.4 Å². The Labute approximate surface area is 166 Å². The van der Waals surface area contributed by atoms with Gasteiger partial charge in [-0.05, 0) is 57.7 Å². The highest BCUT2D eigenvalue weighted by molar-refractivity contribution is 5.99. The van der Waals surface area contributed by atoms with Crippen LogP contribution in [0.5, 0.6) is 0 Å². The summed E-state index contributed by atoms with van der Waals surface area (Å²) in [6.07, 6.45) is 4.09. The predicted molar refractivity (Wildman–Crippen MR) is 114 cm³/mol. The van der Waals surface area contributed by atoms with E-state index in [1.165, 1.54) is 0 Å². The number of nitrogens with one attached hydrogen (secondary N) is 2. The van der Waals surface area contributed by atoms with E-state index in [9.17, 15) is 9.90 Å². The largest absolute Gasteiger partial charge is 0.386 e. The van der Waals surface area contributed by atoms with Crippen LogP contribution in [0.1, 0.15) is 42.3 Å². The number of benzene rings is 1. The van der Waals surface area contributed by atoms with Gasteiger partial charge in [0.05, 0.1) is 16.9 Å². The zero-order chi connectivity index (χ0) is 21.2. The van der Waals surface area contributed by atoms with Crippen molar-refractivity contribution in [3.63, 3.8) is 0 Å². The minimum atomic E-state index is -0.939. The molecule has 3 N–H and O–H groups in total. The summed E-state index contributed by atoms with van der Waals surface area (Å²) in [5.41, 5.74) is 4.76. The van der Waals surface area contributed by atoms with Crippen LogP contribution in [0.4, 0.5) is 5.69 Å². The third kappa shape index (κ3) is 6.28. The van der Waals surface area contributed by atoms with E-state index < -0.39 is 5.60 Å². The minimum absolute atomic E-state index is 0.0640. The van der Waals surface area contributed by atoms with Crippen molar-refractivity contribution in [2.75, 3.05) is 18.5 Å². The molecular formula is C21H29N5O2. The molecule has 0 saturated heterocycles. The number of hydrogen-bond acceptors (Lipinski definition) is 6. The van der Waals surface area contributed by atoms with Gasteiger partial charge in [-0.3, -0.25) is 15.2 Å². The molecule has 0 aliphatic heterocycles. The number of aliphatic hydroxyl groups is 1. The highest BCUT2D eigenvalue weighted by Gasteiger charge is 2.19. The number of aromatic nitrogens is 1. The summed E-state index contributed by atoms with van der Waals surface area (Å²) >= 11 is 0. The van der Waals surface area contributed by atoms with Crippen molar-refractivity contribution in [2.45, 2.75) is 32.8 Å². The van der Waals surface area contributed by atoms with Crippen LogP contribution in [0, 0.1) is 5.41 Å². The van der Waals surface area contributed by atoms with Crippen molar-refractivity contribution in [1.82, 2.24) is 9.88 Å². The summed E-state index contributed by atoms with van der Waals surface area (Å²) in [6.45, 7) is 12.5. The topological polar surface area (TPSA) is 102 Å². The normalized spacial score (nSPS) is 10.4. The van der Waals surface area contributed by atoms with Crippen molar-refractivity contribution in [3.05, 3.63) is 59.4 Å². The lowest BCUT2D eigenvalue weighted by molar-refractivity contribution is 0.0759. The molecule has 2 rings (SSSR count). The fourth-order valence-electron chi connectivity index (χ4n) is 2.65. The van der Waals surface area contributed by atoms with Gasteiger partial charge in [0.15, 0.2) is 0 Å². The average molecular weight is 383 g/mol. The second-order valence-electron chi connectivity index (χ2n) is 6.59. The predicted octanol–water partition coefficient (Wildman–Crippen LogP) is 3.31. The first-order valence-corrected chi connectivity index (χ1v) is 8.99. The van der Waals surface area contributed by atoms with E-state index in [0.717, 1.165) is 11.1 Å². The fraction of sp³-hybridized carbons (Fsp3) is 0.333. The van der Waals surface area contributed by atoms with Crippen LogP contribution >= 0.6 is 0 Å². The Morgan fingerprint density at radius 2 is 2.00 bits per heavy atom. The minimum Gasteiger partial charge on any atom is -0.386 e. The Kier molecular flexibility index (Phi) is 8.98. The van der Waals surface area contributed by atoms with Crippen molar-refractivity contribution in [1.29, 1.82) is 5.41 Å². The number of hydrogen-bond donors (Lipinski definition) is 3. The molecule has 0 aliphatic carbocycles. The number of hydrazone groups is 1. The molecule has 2 aromatic rings. The molecule has 0 atom stereocenters. The summed E-state index contributed by atoms with van der Waals surface area (Å²) in [5.74, 6) is -0.0640. The average Bonchev–Trinajstić information content (AvgIpc) is 2.70. The maximum Gasteiger partial charge on any atom is 0.256 e. The number of pyridine rings is 1. The molecule has 0 radical (unpaired) electrons. The Bertz CT molecular complexity index is 786. The number of carbonyl (C=O) groups is 1. The Morgan fingerprint density at radius 3 is 2.61 bits per heavy atom. The van der Waals surface area contributed by atoms with Gasteiger partial charge >= 0.3 is 0 Å². The number of amides is 1. The summed E-state index contributed by atoms with van der Waals surface area (Å²) in [5, 5.41) is 19.3. The van der Waals surface area contributed by atoms with Gasteiger partial charge in [-0.15, -0.1) is 0 Å². The zero-order valence-electron chi connectivity index (χ0n) is 16.8. The SMILES string of the molecule is C=N.C=NNc1ccccc1C(=O)N(CC)CCc1cncc(C(C)(C)O)c1. The number of para-hydroxylation sites is 1. The Balaban J connectivity index is 0.00000190. The molecule has 7 heteroatoms. The number of anilines is 1. The molecule has 0 spiro atoms. The molecule has 1 aromatic carbocycles. The van der Waals surface area contributed by atoms with E-state index in [-0.39, 0.29) is 5.91 Å². The molecule has 0 aliphatic rings. The molecule has 28 heavy (non-hydrogen) atoms. The van der Waals surface area contributed by atoms with E-state index in [1.807, 2.05) is 25.1 Å². The standard InChI is InChI=1S/C20H26N4O2.CH3N/c1-5-24(19(25)17-8-6-7-9-18(17)23-21-4)11-10-15-12-16(14-22-13-15)20(2,3)26;1-2/h6-9,12-14,23,26H,4-5,10-11H2,1-3H3;2H,1H2. The highest BCUT2D eigenvalue weighted by Crippen LogP contribution is 2.20. The monoisotopic (exact) mass is 383 g/mol. The van der Waals surface area contributed by atoms with Gasteiger partial charge in [0, 0.05) is 37.8 Å². The molecule has 0 bridgehead atoms. The van der Waals surface area contributed by atoms with Gasteiger partial charge in [0.2, 0.25) is 0 Å². The van der Waals surface area contributed by atoms with Crippen molar-refractivity contribution in [2.24, 2.45) is 5.10 Å². The van der Waals surface area contributed by atoms with Crippen molar-refractivity contribution >= 4 is 25.0 Å². The highest BCUT2D eigenvalue weighted by atomic mass is 16.3. The maximum absolute atomic E-state index is 12.9. The molecule has 0 fully saturated rings. The van der Waals surface area contributed by atoms with Gasteiger partial charge in [0.25, 0.3) is 5.91 Å². The maximum atomic E-state index is 12.9. The van der Waals surface area contributed by atoms with Crippen LogP contribution in [0.25, 0.3) is 0 Å². The summed E-state index contributed by atoms with van der Waals surface area (Å²) < 4.78 is 0. The van der Waals surface area contributed by atoms with Crippen LogP contribution in [-0.4, -0.2) is 47.4 Å². The van der Waals surface area contributed by atoms with Crippen LogP contribution in [-0.2, 0) is 12.0 Å². The summed E-state index contributed by atoms with van der Waals surface area (Å²) in [4.78, 5) is 18.9. The molecule has 150 valence electrons. The molecule has 1 aromatic heterocycles. The van der Waals surface area contributed by atoms with E-state index >= 15 is 0 Å². The van der Waals surface area contributed by atoms with Crippen molar-refractivity contribution in [3.8, 4) is 0 Å². The summed E-state index contributed by atoms with van der Waals surface area (Å²) in [6, 6.07) is 9.17. The van der Waals surface area contributed by atoms with Crippen molar-refractivity contribution < 1.29 is 9.90 Å². The quantitative estimate of drug-likeness (QED) is 0.481. The molecule has 1 heterocycles. The fourth-order valence-corrected chi connectivity index (χ4v) is 2.65.